The van der Waals surface area contributed by atoms with E-state index in [1.807, 2.05) is 39.0 Å². The van der Waals surface area contributed by atoms with E-state index < -0.39 is 24.0 Å². The summed E-state index contributed by atoms with van der Waals surface area (Å²) in [5, 5.41) is 12.1. The molecular formula is C42H61NO3Sn. The van der Waals surface area contributed by atoms with Gasteiger partial charge in [-0.05, 0) is 0 Å². The van der Waals surface area contributed by atoms with Gasteiger partial charge in [-0.15, -0.1) is 12.8 Å². The Kier molecular flexibility index (Phi) is 14.6. The quantitative estimate of drug-likeness (QED) is 0.0957. The predicted molar refractivity (Wildman–Crippen MR) is 205 cm³/mol. The van der Waals surface area contributed by atoms with Crippen molar-refractivity contribution in [2.75, 3.05) is 0 Å². The zero-order valence-electron chi connectivity index (χ0n) is 30.7. The van der Waals surface area contributed by atoms with Crippen molar-refractivity contribution >= 4 is 41.3 Å². The number of terminal acetylenes is 1. The second kappa shape index (κ2) is 17.7. The Labute approximate surface area is 290 Å². The first-order chi connectivity index (χ1) is 22.5. The minimum absolute atomic E-state index is 0.265. The van der Waals surface area contributed by atoms with E-state index >= 15 is 0 Å². The zero-order valence-corrected chi connectivity index (χ0v) is 33.5. The number of aromatic nitrogens is 1. The number of hydrogen-bond donors (Lipinski definition) is 1. The Balaban J connectivity index is 0.00000294. The number of ether oxygens (including phenoxy) is 1. The van der Waals surface area contributed by atoms with Gasteiger partial charge in [-0.1, -0.05) is 0 Å². The molecule has 5 heteroatoms. The van der Waals surface area contributed by atoms with Gasteiger partial charge in [-0.3, -0.25) is 0 Å². The standard InChI is InChI=1S/C28H32NO3.3C4H9.C2H2.Sn/c1-6-9-18(7-2)25-23-13-11-20(27(31)32-28(3,4)5)17-24(23)29-15-8-10-19-16-21(30)12-14-22(19)26(25)29;3*1-3-4-2;1-2;/h10-14,16-18,30H,6-7,9,15H2,1-5H3;3*1,3-4H2,2H3;1-2H;. The van der Waals surface area contributed by atoms with Gasteiger partial charge in [0.15, 0.2) is 0 Å². The number of phenols is 1. The number of rotatable bonds is 15. The first-order valence-corrected chi connectivity index (χ1v) is 25.8. The topological polar surface area (TPSA) is 51.5 Å². The van der Waals surface area contributed by atoms with Crippen molar-refractivity contribution < 1.29 is 14.6 Å². The van der Waals surface area contributed by atoms with Gasteiger partial charge >= 0.3 is 279 Å². The molecule has 1 N–H and O–H groups in total. The van der Waals surface area contributed by atoms with Crippen LogP contribution in [0.15, 0.2) is 40.0 Å². The molecule has 256 valence electrons. The summed E-state index contributed by atoms with van der Waals surface area (Å²) in [6, 6.07) is 12.3. The number of carbonyl (C=O) groups is 1. The predicted octanol–water partition coefficient (Wildman–Crippen LogP) is 12.3. The van der Waals surface area contributed by atoms with Crippen molar-refractivity contribution in [2.24, 2.45) is 0 Å². The zero-order chi connectivity index (χ0) is 34.8. The van der Waals surface area contributed by atoms with Gasteiger partial charge in [0.2, 0.25) is 0 Å². The summed E-state index contributed by atoms with van der Waals surface area (Å²) in [7, 11) is 0. The fourth-order valence-corrected chi connectivity index (χ4v) is 24.1. The second-order valence-corrected chi connectivity index (χ2v) is 27.9. The number of esters is 1. The van der Waals surface area contributed by atoms with Gasteiger partial charge in [-0.2, -0.15) is 0 Å². The van der Waals surface area contributed by atoms with E-state index in [1.54, 1.807) is 3.59 Å². The molecule has 1 unspecified atom stereocenters. The third kappa shape index (κ3) is 9.08. The molecule has 4 nitrogen and oxygen atoms in total. The van der Waals surface area contributed by atoms with Crippen molar-refractivity contribution in [3.05, 3.63) is 56.7 Å². The number of unbranched alkanes of at least 4 members (excludes halogenated alkanes) is 3. The van der Waals surface area contributed by atoms with Gasteiger partial charge in [0.25, 0.3) is 0 Å². The van der Waals surface area contributed by atoms with Crippen LogP contribution in [0, 0.1) is 12.8 Å². The van der Waals surface area contributed by atoms with Crippen molar-refractivity contribution in [1.29, 1.82) is 0 Å². The molecule has 2 aromatic carbocycles. The first-order valence-electron chi connectivity index (χ1n) is 18.3. The van der Waals surface area contributed by atoms with Gasteiger partial charge in [0.05, 0.1) is 0 Å². The van der Waals surface area contributed by atoms with Crippen LogP contribution in [0.4, 0.5) is 0 Å². The molecule has 0 saturated heterocycles. The van der Waals surface area contributed by atoms with E-state index in [-0.39, 0.29) is 5.97 Å². The summed E-state index contributed by atoms with van der Waals surface area (Å²) in [6.45, 7) is 18.3. The number of allylic oxidation sites excluding steroid dienone is 1. The molecule has 0 bridgehead atoms. The van der Waals surface area contributed by atoms with Crippen molar-refractivity contribution in [3.63, 3.8) is 0 Å². The van der Waals surface area contributed by atoms with Gasteiger partial charge in [0.1, 0.15) is 0 Å². The Hall–Kier alpha value is -2.65. The average Bonchev–Trinajstić information content (AvgIpc) is 3.25. The molecule has 0 spiro atoms. The Bertz CT molecular complexity index is 1510. The third-order valence-corrected chi connectivity index (χ3v) is 25.9. The Morgan fingerprint density at radius 2 is 1.53 bits per heavy atom. The molecule has 1 atom stereocenters. The van der Waals surface area contributed by atoms with Gasteiger partial charge in [-0.25, -0.2) is 0 Å². The molecule has 0 fully saturated rings. The molecule has 47 heavy (non-hydrogen) atoms. The van der Waals surface area contributed by atoms with E-state index in [2.05, 4.69) is 76.3 Å². The molecule has 3 aromatic rings. The summed E-state index contributed by atoms with van der Waals surface area (Å²) in [4.78, 5) is 13.4. The fraction of sp³-hybridized carbons (Fsp3) is 0.548. The first kappa shape index (κ1) is 38.8. The number of nitrogens with zero attached hydrogens (tertiary/aromatic N) is 1. The Morgan fingerprint density at radius 3 is 2.06 bits per heavy atom. The van der Waals surface area contributed by atoms with Crippen LogP contribution in [0.1, 0.15) is 141 Å². The molecule has 4 rings (SSSR count). The van der Waals surface area contributed by atoms with Crippen LogP contribution in [-0.4, -0.2) is 39.6 Å². The Morgan fingerprint density at radius 1 is 0.915 bits per heavy atom. The van der Waals surface area contributed by atoms with Crippen LogP contribution in [0.5, 0.6) is 5.75 Å². The maximum atomic E-state index is 13.4. The summed E-state index contributed by atoms with van der Waals surface area (Å²) in [6.07, 6.45) is 21.4. The normalized spacial score (nSPS) is 13.5. The number of fused-ring (bicyclic) bond motifs is 5. The van der Waals surface area contributed by atoms with Gasteiger partial charge in [0, 0.05) is 0 Å². The molecule has 0 aliphatic carbocycles. The van der Waals surface area contributed by atoms with E-state index in [9.17, 15) is 9.90 Å². The number of aromatic hydroxyl groups is 1. The number of benzene rings is 2. The third-order valence-electron chi connectivity index (χ3n) is 9.93. The minimum atomic E-state index is -2.88. The fourth-order valence-electron chi connectivity index (χ4n) is 7.62. The number of phenolic OH excluding ortho intramolecular Hbond substituents is 1. The molecule has 0 saturated carbocycles. The summed E-state index contributed by atoms with van der Waals surface area (Å²) < 4.78 is 14.3. The van der Waals surface area contributed by atoms with Crippen molar-refractivity contribution in [1.82, 2.24) is 4.57 Å². The molecule has 1 aliphatic rings. The van der Waals surface area contributed by atoms with E-state index in [0.717, 1.165) is 36.9 Å². The summed E-state index contributed by atoms with van der Waals surface area (Å²) in [5.74, 6) is 0.483. The van der Waals surface area contributed by atoms with Crippen LogP contribution >= 0.6 is 0 Å². The molecule has 2 heterocycles. The number of carbonyl (C=O) groups excluding carboxylic acids is 1. The van der Waals surface area contributed by atoms with Crippen LogP contribution in [-0.2, 0) is 11.3 Å². The van der Waals surface area contributed by atoms with Crippen LogP contribution < -0.4 is 0 Å². The van der Waals surface area contributed by atoms with Crippen molar-refractivity contribution in [3.8, 4) is 29.9 Å². The van der Waals surface area contributed by atoms with Crippen LogP contribution in [0.3, 0.4) is 0 Å². The summed E-state index contributed by atoms with van der Waals surface area (Å²) in [5.41, 5.74) is 6.28. The van der Waals surface area contributed by atoms with Crippen LogP contribution in [0.25, 0.3) is 28.2 Å². The van der Waals surface area contributed by atoms with Crippen LogP contribution in [0.2, 0.25) is 13.3 Å². The average molecular weight is 747 g/mol. The second-order valence-electron chi connectivity index (χ2n) is 14.5. The molecule has 1 aliphatic heterocycles. The van der Waals surface area contributed by atoms with E-state index in [1.165, 1.54) is 74.0 Å². The van der Waals surface area contributed by atoms with E-state index in [4.69, 9.17) is 4.74 Å². The summed E-state index contributed by atoms with van der Waals surface area (Å²) >= 11 is -2.88. The SMILES string of the molecule is C#C.CCC[CH2][Sn]([CH2]CCC)([CH2]CCC)[C]1=Cc2cc(O)ccc2-c2c(C(CC)CCC)c3ccc(C(=O)OC(C)(C)C)cc3n2C1. The maximum absolute atomic E-state index is 13.4. The monoisotopic (exact) mass is 747 g/mol. The number of hydrogen-bond acceptors (Lipinski definition) is 3. The molecule has 0 radical (unpaired) electrons. The van der Waals surface area contributed by atoms with E-state index in [0.29, 0.717) is 17.2 Å². The molecular weight excluding hydrogens is 685 g/mol. The van der Waals surface area contributed by atoms with Crippen molar-refractivity contribution in [2.45, 2.75) is 145 Å². The molecule has 0 amide bonds. The van der Waals surface area contributed by atoms with Gasteiger partial charge < -0.3 is 0 Å². The molecule has 1 aromatic heterocycles.